The Kier molecular flexibility index (Phi) is 5.01. The molecule has 17 heavy (non-hydrogen) atoms. The zero-order valence-corrected chi connectivity index (χ0v) is 11.0. The molecule has 2 rings (SSSR count). The van der Waals surface area contributed by atoms with Crippen LogP contribution in [0.5, 0.6) is 0 Å². The van der Waals surface area contributed by atoms with Gasteiger partial charge in [0.25, 0.3) is 0 Å². The third-order valence-electron chi connectivity index (χ3n) is 4.12. The minimum absolute atomic E-state index is 0.473. The van der Waals surface area contributed by atoms with Crippen LogP contribution in [0.4, 0.5) is 0 Å². The summed E-state index contributed by atoms with van der Waals surface area (Å²) in [6, 6.07) is 0.473. The molecule has 3 nitrogen and oxygen atoms in total. The molecule has 0 radical (unpaired) electrons. The van der Waals surface area contributed by atoms with Crippen molar-refractivity contribution in [2.24, 2.45) is 11.7 Å². The molecular formula is C14H26N2O. The first-order valence-corrected chi connectivity index (χ1v) is 6.92. The zero-order valence-electron chi connectivity index (χ0n) is 11.0. The number of rotatable bonds is 4. The third kappa shape index (κ3) is 4.09. The Hall–Kier alpha value is -0.380. The molecule has 0 bridgehead atoms. The van der Waals surface area contributed by atoms with Crippen LogP contribution in [0, 0.1) is 5.92 Å². The maximum Gasteiger partial charge on any atom is 0.0673 e. The van der Waals surface area contributed by atoms with Crippen LogP contribution in [0.3, 0.4) is 0 Å². The second-order valence-electron chi connectivity index (χ2n) is 5.59. The Morgan fingerprint density at radius 1 is 1.35 bits per heavy atom. The van der Waals surface area contributed by atoms with E-state index in [4.69, 9.17) is 10.5 Å². The lowest BCUT2D eigenvalue weighted by atomic mass is 9.86. The lowest BCUT2D eigenvalue weighted by Crippen LogP contribution is -2.37. The Bertz CT molecular complexity index is 257. The fourth-order valence-electron chi connectivity index (χ4n) is 2.97. The number of hydrogen-bond donors (Lipinski definition) is 1. The van der Waals surface area contributed by atoms with Crippen LogP contribution >= 0.6 is 0 Å². The van der Waals surface area contributed by atoms with Crippen molar-refractivity contribution in [3.8, 4) is 0 Å². The highest BCUT2D eigenvalue weighted by molar-refractivity contribution is 5.07. The SMILES string of the molecule is COCC1=CCN(CC2CCC(N)CC2)CC1. The van der Waals surface area contributed by atoms with Gasteiger partial charge in [-0.2, -0.15) is 0 Å². The fraction of sp³-hybridized carbons (Fsp3) is 0.857. The molecule has 1 aliphatic heterocycles. The first-order chi connectivity index (χ1) is 8.28. The Labute approximate surface area is 105 Å². The molecule has 1 aliphatic carbocycles. The second-order valence-corrected chi connectivity index (χ2v) is 5.59. The highest BCUT2D eigenvalue weighted by Gasteiger charge is 2.21. The van der Waals surface area contributed by atoms with Gasteiger partial charge in [-0.05, 0) is 43.6 Å². The third-order valence-corrected chi connectivity index (χ3v) is 4.12. The average molecular weight is 238 g/mol. The smallest absolute Gasteiger partial charge is 0.0673 e. The van der Waals surface area contributed by atoms with Crippen LogP contribution in [0.25, 0.3) is 0 Å². The fourth-order valence-corrected chi connectivity index (χ4v) is 2.97. The molecule has 98 valence electrons. The number of ether oxygens (including phenoxy) is 1. The summed E-state index contributed by atoms with van der Waals surface area (Å²) in [5.74, 6) is 0.882. The number of hydrogen-bond acceptors (Lipinski definition) is 3. The van der Waals surface area contributed by atoms with Crippen molar-refractivity contribution in [3.63, 3.8) is 0 Å². The van der Waals surface area contributed by atoms with E-state index in [1.807, 2.05) is 0 Å². The van der Waals surface area contributed by atoms with Gasteiger partial charge >= 0.3 is 0 Å². The van der Waals surface area contributed by atoms with E-state index in [2.05, 4.69) is 11.0 Å². The van der Waals surface area contributed by atoms with Crippen LogP contribution in [0.1, 0.15) is 32.1 Å². The van der Waals surface area contributed by atoms with E-state index in [-0.39, 0.29) is 0 Å². The van der Waals surface area contributed by atoms with Crippen LogP contribution in [0.2, 0.25) is 0 Å². The summed E-state index contributed by atoms with van der Waals surface area (Å²) >= 11 is 0. The summed E-state index contributed by atoms with van der Waals surface area (Å²) in [4.78, 5) is 2.58. The van der Waals surface area contributed by atoms with E-state index in [9.17, 15) is 0 Å². The normalized spacial score (nSPS) is 31.3. The summed E-state index contributed by atoms with van der Waals surface area (Å²) in [5.41, 5.74) is 7.41. The molecule has 0 spiro atoms. The van der Waals surface area contributed by atoms with Gasteiger partial charge < -0.3 is 10.5 Å². The summed E-state index contributed by atoms with van der Waals surface area (Å²) in [6.07, 6.45) is 8.63. The molecule has 0 amide bonds. The van der Waals surface area contributed by atoms with Gasteiger partial charge in [-0.25, -0.2) is 0 Å². The largest absolute Gasteiger partial charge is 0.380 e. The van der Waals surface area contributed by atoms with E-state index >= 15 is 0 Å². The first kappa shape index (κ1) is 13.1. The molecule has 2 N–H and O–H groups in total. The van der Waals surface area contributed by atoms with Gasteiger partial charge in [-0.3, -0.25) is 4.90 Å². The highest BCUT2D eigenvalue weighted by Crippen LogP contribution is 2.25. The average Bonchev–Trinajstić information content (AvgIpc) is 2.35. The lowest BCUT2D eigenvalue weighted by Gasteiger charge is -2.33. The van der Waals surface area contributed by atoms with Crippen LogP contribution in [0.15, 0.2) is 11.6 Å². The molecule has 2 aliphatic rings. The Morgan fingerprint density at radius 2 is 2.12 bits per heavy atom. The van der Waals surface area contributed by atoms with Gasteiger partial charge in [0.05, 0.1) is 6.61 Å². The quantitative estimate of drug-likeness (QED) is 0.759. The summed E-state index contributed by atoms with van der Waals surface area (Å²) in [6.45, 7) is 4.40. The van der Waals surface area contributed by atoms with E-state index in [0.29, 0.717) is 6.04 Å². The highest BCUT2D eigenvalue weighted by atomic mass is 16.5. The van der Waals surface area contributed by atoms with Gasteiger partial charge in [-0.1, -0.05) is 6.08 Å². The van der Waals surface area contributed by atoms with Crippen LogP contribution < -0.4 is 5.73 Å². The van der Waals surface area contributed by atoms with Gasteiger partial charge in [0, 0.05) is 32.8 Å². The predicted molar refractivity (Wildman–Crippen MR) is 70.9 cm³/mol. The summed E-state index contributed by atoms with van der Waals surface area (Å²) in [5, 5.41) is 0. The van der Waals surface area contributed by atoms with Crippen molar-refractivity contribution in [1.29, 1.82) is 0 Å². The van der Waals surface area contributed by atoms with Crippen molar-refractivity contribution in [2.75, 3.05) is 33.4 Å². The van der Waals surface area contributed by atoms with E-state index < -0.39 is 0 Å². The maximum absolute atomic E-state index is 5.94. The van der Waals surface area contributed by atoms with Crippen molar-refractivity contribution in [2.45, 2.75) is 38.1 Å². The molecule has 1 saturated carbocycles. The predicted octanol–water partition coefficient (Wildman–Crippen LogP) is 1.78. The molecule has 1 fully saturated rings. The minimum Gasteiger partial charge on any atom is -0.380 e. The van der Waals surface area contributed by atoms with E-state index in [0.717, 1.165) is 19.1 Å². The summed E-state index contributed by atoms with van der Waals surface area (Å²) in [7, 11) is 1.78. The molecule has 0 atom stereocenters. The second kappa shape index (κ2) is 6.53. The van der Waals surface area contributed by atoms with Gasteiger partial charge in [-0.15, -0.1) is 0 Å². The van der Waals surface area contributed by atoms with Crippen molar-refractivity contribution in [3.05, 3.63) is 11.6 Å². The molecule has 1 heterocycles. The molecule has 0 aromatic heterocycles. The lowest BCUT2D eigenvalue weighted by molar-refractivity contribution is 0.188. The first-order valence-electron chi connectivity index (χ1n) is 6.92. The van der Waals surface area contributed by atoms with Crippen molar-refractivity contribution < 1.29 is 4.74 Å². The number of nitrogens with zero attached hydrogens (tertiary/aromatic N) is 1. The van der Waals surface area contributed by atoms with E-state index in [1.165, 1.54) is 50.8 Å². The van der Waals surface area contributed by atoms with Gasteiger partial charge in [0.1, 0.15) is 0 Å². The molecular weight excluding hydrogens is 212 g/mol. The van der Waals surface area contributed by atoms with Gasteiger partial charge in [0.2, 0.25) is 0 Å². The topological polar surface area (TPSA) is 38.5 Å². The molecule has 0 saturated heterocycles. The van der Waals surface area contributed by atoms with Crippen molar-refractivity contribution in [1.82, 2.24) is 4.90 Å². The molecule has 0 aromatic carbocycles. The zero-order chi connectivity index (χ0) is 12.1. The minimum atomic E-state index is 0.473. The van der Waals surface area contributed by atoms with E-state index in [1.54, 1.807) is 7.11 Å². The Morgan fingerprint density at radius 3 is 2.71 bits per heavy atom. The Balaban J connectivity index is 1.71. The van der Waals surface area contributed by atoms with Crippen LogP contribution in [-0.4, -0.2) is 44.3 Å². The summed E-state index contributed by atoms with van der Waals surface area (Å²) < 4.78 is 5.18. The monoisotopic (exact) mass is 238 g/mol. The van der Waals surface area contributed by atoms with Crippen LogP contribution in [-0.2, 0) is 4.74 Å². The number of methoxy groups -OCH3 is 1. The standard InChI is InChI=1S/C14H26N2O/c1-17-11-13-6-8-16(9-7-13)10-12-2-4-14(15)5-3-12/h6,12,14H,2-5,7-11,15H2,1H3. The molecule has 0 unspecified atom stereocenters. The molecule has 3 heteroatoms. The maximum atomic E-state index is 5.94. The number of nitrogens with two attached hydrogens (primary N) is 1. The van der Waals surface area contributed by atoms with Gasteiger partial charge in [0.15, 0.2) is 0 Å². The molecule has 0 aromatic rings. The van der Waals surface area contributed by atoms with Crippen molar-refractivity contribution >= 4 is 0 Å².